The molecule has 0 spiro atoms. The molecule has 2 aromatic carbocycles. The second-order valence-corrected chi connectivity index (χ2v) is 6.62. The van der Waals surface area contributed by atoms with Gasteiger partial charge in [-0.1, -0.05) is 23.2 Å². The number of hydrogen-bond donors (Lipinski definition) is 1. The van der Waals surface area contributed by atoms with Crippen molar-refractivity contribution < 1.29 is 4.79 Å². The first-order valence-electron chi connectivity index (χ1n) is 6.12. The van der Waals surface area contributed by atoms with Gasteiger partial charge in [0.15, 0.2) is 0 Å². The van der Waals surface area contributed by atoms with Gasteiger partial charge in [-0.2, -0.15) is 0 Å². The summed E-state index contributed by atoms with van der Waals surface area (Å²) in [4.78, 5) is 14.1. The maximum atomic E-state index is 12.2. The van der Waals surface area contributed by atoms with E-state index in [-0.39, 0.29) is 5.91 Å². The van der Waals surface area contributed by atoms with E-state index in [1.165, 1.54) is 0 Å². The number of rotatable bonds is 3. The molecule has 0 aliphatic rings. The summed E-state index contributed by atoms with van der Waals surface area (Å²) in [6.45, 7) is 0. The van der Waals surface area contributed by atoms with Crippen LogP contribution in [0.15, 0.2) is 36.4 Å². The van der Waals surface area contributed by atoms with Crippen LogP contribution < -0.4 is 10.2 Å². The summed E-state index contributed by atoms with van der Waals surface area (Å²) in [5.41, 5.74) is 2.05. The minimum atomic E-state index is -0.220. The lowest BCUT2D eigenvalue weighted by atomic mass is 10.2. The summed E-state index contributed by atoms with van der Waals surface area (Å²) in [5.74, 6) is -0.220. The highest BCUT2D eigenvalue weighted by molar-refractivity contribution is 14.1. The second kappa shape index (κ2) is 6.85. The average Bonchev–Trinajstić information content (AvgIpc) is 2.41. The summed E-state index contributed by atoms with van der Waals surface area (Å²) < 4.78 is 0.907. The first-order valence-corrected chi connectivity index (χ1v) is 7.95. The van der Waals surface area contributed by atoms with Crippen LogP contribution in [0, 0.1) is 3.57 Å². The summed E-state index contributed by atoms with van der Waals surface area (Å²) >= 11 is 14.3. The fourth-order valence-corrected chi connectivity index (χ4v) is 2.65. The molecule has 0 aliphatic carbocycles. The van der Waals surface area contributed by atoms with Gasteiger partial charge in [-0.05, 0) is 59.0 Å². The van der Waals surface area contributed by atoms with E-state index in [0.717, 1.165) is 9.26 Å². The highest BCUT2D eigenvalue weighted by Crippen LogP contribution is 2.28. The minimum absolute atomic E-state index is 0.220. The van der Waals surface area contributed by atoms with Gasteiger partial charge in [0.1, 0.15) is 0 Å². The van der Waals surface area contributed by atoms with E-state index in [1.807, 2.05) is 31.1 Å². The van der Waals surface area contributed by atoms with E-state index in [4.69, 9.17) is 23.2 Å². The van der Waals surface area contributed by atoms with Crippen LogP contribution in [0.2, 0.25) is 10.0 Å². The Morgan fingerprint density at radius 1 is 1.10 bits per heavy atom. The zero-order chi connectivity index (χ0) is 15.6. The monoisotopic (exact) mass is 434 g/mol. The van der Waals surface area contributed by atoms with Crippen LogP contribution in [0.1, 0.15) is 10.4 Å². The Morgan fingerprint density at radius 3 is 2.38 bits per heavy atom. The average molecular weight is 435 g/mol. The Balaban J connectivity index is 2.19. The molecule has 0 heterocycles. The number of benzene rings is 2. The molecular weight excluding hydrogens is 422 g/mol. The standard InChI is InChI=1S/C15H13Cl2IN2O/c1-20(2)14-6-4-10(8-12(14)17)19-15(21)9-3-5-13(18)11(16)7-9/h3-8H,1-2H3,(H,19,21). The van der Waals surface area contributed by atoms with E-state index >= 15 is 0 Å². The van der Waals surface area contributed by atoms with Crippen molar-refractivity contribution in [2.24, 2.45) is 0 Å². The van der Waals surface area contributed by atoms with Crippen molar-refractivity contribution in [3.8, 4) is 0 Å². The van der Waals surface area contributed by atoms with Crippen LogP contribution in [-0.2, 0) is 0 Å². The molecule has 0 unspecified atom stereocenters. The summed E-state index contributed by atoms with van der Waals surface area (Å²) in [6.07, 6.45) is 0. The highest BCUT2D eigenvalue weighted by atomic mass is 127. The topological polar surface area (TPSA) is 32.3 Å². The molecule has 0 aliphatic heterocycles. The molecule has 6 heteroatoms. The second-order valence-electron chi connectivity index (χ2n) is 4.64. The summed E-state index contributed by atoms with van der Waals surface area (Å²) in [7, 11) is 3.82. The molecule has 21 heavy (non-hydrogen) atoms. The van der Waals surface area contributed by atoms with Crippen LogP contribution in [0.25, 0.3) is 0 Å². The third-order valence-electron chi connectivity index (χ3n) is 2.87. The molecule has 0 radical (unpaired) electrons. The number of carbonyl (C=O) groups excluding carboxylic acids is 1. The van der Waals surface area contributed by atoms with Crippen LogP contribution in [0.3, 0.4) is 0 Å². The number of halogens is 3. The molecule has 0 bridgehead atoms. The maximum absolute atomic E-state index is 12.2. The summed E-state index contributed by atoms with van der Waals surface area (Å²) in [5, 5.41) is 3.95. The molecule has 0 saturated carbocycles. The molecule has 110 valence electrons. The number of hydrogen-bond acceptors (Lipinski definition) is 2. The Morgan fingerprint density at radius 2 is 1.81 bits per heavy atom. The quantitative estimate of drug-likeness (QED) is 0.695. The largest absolute Gasteiger partial charge is 0.376 e. The molecule has 0 aromatic heterocycles. The zero-order valence-corrected chi connectivity index (χ0v) is 15.1. The normalized spacial score (nSPS) is 10.3. The van der Waals surface area contributed by atoms with E-state index in [0.29, 0.717) is 21.3 Å². The molecule has 0 fully saturated rings. The van der Waals surface area contributed by atoms with Crippen LogP contribution >= 0.6 is 45.8 Å². The molecule has 3 nitrogen and oxygen atoms in total. The van der Waals surface area contributed by atoms with Crippen molar-refractivity contribution in [2.75, 3.05) is 24.3 Å². The van der Waals surface area contributed by atoms with Crippen LogP contribution in [0.4, 0.5) is 11.4 Å². The fraction of sp³-hybridized carbons (Fsp3) is 0.133. The van der Waals surface area contributed by atoms with Gasteiger partial charge in [0, 0.05) is 28.9 Å². The van der Waals surface area contributed by atoms with Crippen molar-refractivity contribution in [3.63, 3.8) is 0 Å². The van der Waals surface area contributed by atoms with Gasteiger partial charge in [0.05, 0.1) is 15.7 Å². The van der Waals surface area contributed by atoms with Crippen molar-refractivity contribution >= 4 is 63.1 Å². The summed E-state index contributed by atoms with van der Waals surface area (Å²) in [6, 6.07) is 10.6. The molecule has 1 amide bonds. The number of anilines is 2. The number of carbonyl (C=O) groups is 1. The van der Waals surface area contributed by atoms with Crippen molar-refractivity contribution in [1.82, 2.24) is 0 Å². The molecular formula is C15H13Cl2IN2O. The first kappa shape index (κ1) is 16.4. The molecule has 2 rings (SSSR count). The van der Waals surface area contributed by atoms with E-state index in [9.17, 15) is 4.79 Å². The van der Waals surface area contributed by atoms with Crippen LogP contribution in [-0.4, -0.2) is 20.0 Å². The maximum Gasteiger partial charge on any atom is 0.255 e. The molecule has 0 atom stereocenters. The third kappa shape index (κ3) is 4.02. The fourth-order valence-electron chi connectivity index (χ4n) is 1.79. The van der Waals surface area contributed by atoms with Crippen LogP contribution in [0.5, 0.6) is 0 Å². The molecule has 2 aromatic rings. The Bertz CT molecular complexity index is 689. The lowest BCUT2D eigenvalue weighted by molar-refractivity contribution is 0.102. The SMILES string of the molecule is CN(C)c1ccc(NC(=O)c2ccc(I)c(Cl)c2)cc1Cl. The predicted octanol–water partition coefficient (Wildman–Crippen LogP) is 4.92. The number of amides is 1. The third-order valence-corrected chi connectivity index (χ3v) is 4.74. The number of nitrogens with zero attached hydrogens (tertiary/aromatic N) is 1. The molecule has 1 N–H and O–H groups in total. The zero-order valence-electron chi connectivity index (χ0n) is 11.5. The Kier molecular flexibility index (Phi) is 5.35. The Hall–Kier alpha value is -0.980. The lowest BCUT2D eigenvalue weighted by Crippen LogP contribution is -2.13. The van der Waals surface area contributed by atoms with Gasteiger partial charge in [-0.3, -0.25) is 4.79 Å². The van der Waals surface area contributed by atoms with Crippen molar-refractivity contribution in [3.05, 3.63) is 55.6 Å². The number of nitrogens with one attached hydrogen (secondary N) is 1. The minimum Gasteiger partial charge on any atom is -0.376 e. The van der Waals surface area contributed by atoms with Gasteiger partial charge in [0.25, 0.3) is 5.91 Å². The van der Waals surface area contributed by atoms with E-state index in [2.05, 4.69) is 27.9 Å². The van der Waals surface area contributed by atoms with Gasteiger partial charge in [-0.15, -0.1) is 0 Å². The van der Waals surface area contributed by atoms with E-state index in [1.54, 1.807) is 24.3 Å². The van der Waals surface area contributed by atoms with Crippen molar-refractivity contribution in [1.29, 1.82) is 0 Å². The lowest BCUT2D eigenvalue weighted by Gasteiger charge is -2.15. The van der Waals surface area contributed by atoms with Gasteiger partial charge in [-0.25, -0.2) is 0 Å². The Labute approximate surface area is 147 Å². The van der Waals surface area contributed by atoms with Gasteiger partial charge < -0.3 is 10.2 Å². The van der Waals surface area contributed by atoms with Crippen molar-refractivity contribution in [2.45, 2.75) is 0 Å². The highest BCUT2D eigenvalue weighted by Gasteiger charge is 2.10. The van der Waals surface area contributed by atoms with Gasteiger partial charge in [0.2, 0.25) is 0 Å². The smallest absolute Gasteiger partial charge is 0.255 e. The van der Waals surface area contributed by atoms with Gasteiger partial charge >= 0.3 is 0 Å². The van der Waals surface area contributed by atoms with E-state index < -0.39 is 0 Å². The molecule has 0 saturated heterocycles. The predicted molar refractivity (Wildman–Crippen MR) is 97.9 cm³/mol. The first-order chi connectivity index (χ1) is 9.88.